The summed E-state index contributed by atoms with van der Waals surface area (Å²) in [5.41, 5.74) is 11.4. The maximum Gasteiger partial charge on any atom is 0.254 e. The van der Waals surface area contributed by atoms with E-state index in [-0.39, 0.29) is 13.1 Å². The van der Waals surface area contributed by atoms with Gasteiger partial charge in [0.1, 0.15) is 13.1 Å². The van der Waals surface area contributed by atoms with E-state index in [0.29, 0.717) is 5.56 Å². The van der Waals surface area contributed by atoms with Gasteiger partial charge in [0.15, 0.2) is 0 Å². The average Bonchev–Trinajstić information content (AvgIpc) is 2.27. The van der Waals surface area contributed by atoms with Crippen molar-refractivity contribution in [3.63, 3.8) is 0 Å². The van der Waals surface area contributed by atoms with Crippen LogP contribution in [-0.4, -0.2) is 35.7 Å². The Morgan fingerprint density at radius 3 is 1.83 bits per heavy atom. The number of rotatable bonds is 5. The van der Waals surface area contributed by atoms with E-state index in [1.54, 1.807) is 24.3 Å². The number of nitrogens with two attached hydrogens (primary N) is 2. The summed E-state index contributed by atoms with van der Waals surface area (Å²) in [5, 5.41) is 0. The van der Waals surface area contributed by atoms with Crippen molar-refractivity contribution in [3.8, 4) is 0 Å². The third kappa shape index (κ3) is 3.89. The summed E-state index contributed by atoms with van der Waals surface area (Å²) in [5.74, 6) is -1.85. The van der Waals surface area contributed by atoms with Gasteiger partial charge in [-0.05, 0) is 19.1 Å². The lowest BCUT2D eigenvalue weighted by Crippen LogP contribution is -2.43. The first-order valence-corrected chi connectivity index (χ1v) is 5.32. The third-order valence-electron chi connectivity index (χ3n) is 2.28. The Morgan fingerprint density at radius 1 is 1.00 bits per heavy atom. The largest absolute Gasteiger partial charge is 0.368 e. The second-order valence-electron chi connectivity index (χ2n) is 3.96. The minimum Gasteiger partial charge on any atom is -0.368 e. The summed E-state index contributed by atoms with van der Waals surface area (Å²) in [7, 11) is 0. The quantitative estimate of drug-likeness (QED) is 0.728. The number of carbonyl (C=O) groups is 3. The average molecular weight is 249 g/mol. The van der Waals surface area contributed by atoms with E-state index >= 15 is 0 Å². The predicted octanol–water partition coefficient (Wildman–Crippen LogP) is -0.592. The maximum absolute atomic E-state index is 12.0. The first-order chi connectivity index (χ1) is 8.40. The van der Waals surface area contributed by atoms with Gasteiger partial charge in [-0.15, -0.1) is 0 Å². The van der Waals surface area contributed by atoms with Crippen molar-refractivity contribution in [2.75, 3.05) is 13.1 Å². The van der Waals surface area contributed by atoms with Crippen molar-refractivity contribution in [2.45, 2.75) is 6.92 Å². The van der Waals surface area contributed by atoms with Crippen molar-refractivity contribution in [1.82, 2.24) is 4.90 Å². The molecule has 0 saturated carbocycles. The Kier molecular flexibility index (Phi) is 4.42. The molecule has 0 atom stereocenters. The topological polar surface area (TPSA) is 106 Å². The Hall–Kier alpha value is -2.37. The summed E-state index contributed by atoms with van der Waals surface area (Å²) in [4.78, 5) is 34.8. The van der Waals surface area contributed by atoms with Crippen molar-refractivity contribution in [1.29, 1.82) is 0 Å². The Labute approximate surface area is 105 Å². The van der Waals surface area contributed by atoms with Gasteiger partial charge in [-0.25, -0.2) is 0 Å². The number of hydrogen-bond donors (Lipinski definition) is 2. The number of hydrogen-bond acceptors (Lipinski definition) is 3. The fourth-order valence-electron chi connectivity index (χ4n) is 1.45. The molecule has 0 aliphatic heterocycles. The SMILES string of the molecule is Cc1ccc(C(=O)N(CC(N)=O)CC(N)=O)cc1. The molecule has 0 aliphatic rings. The van der Waals surface area contributed by atoms with Crippen molar-refractivity contribution >= 4 is 17.7 Å². The Balaban J connectivity index is 2.90. The molecule has 0 radical (unpaired) electrons. The van der Waals surface area contributed by atoms with Crippen LogP contribution in [0.4, 0.5) is 0 Å². The number of amides is 3. The van der Waals surface area contributed by atoms with Crippen LogP contribution < -0.4 is 11.5 Å². The van der Waals surface area contributed by atoms with Crippen LogP contribution in [0.25, 0.3) is 0 Å². The van der Waals surface area contributed by atoms with Crippen LogP contribution in [0.15, 0.2) is 24.3 Å². The zero-order valence-electron chi connectivity index (χ0n) is 10.1. The highest BCUT2D eigenvalue weighted by Gasteiger charge is 2.19. The fourth-order valence-corrected chi connectivity index (χ4v) is 1.45. The normalized spacial score (nSPS) is 9.83. The molecule has 0 saturated heterocycles. The summed E-state index contributed by atoms with van der Waals surface area (Å²) in [6.45, 7) is 1.21. The van der Waals surface area contributed by atoms with E-state index in [9.17, 15) is 14.4 Å². The van der Waals surface area contributed by atoms with Gasteiger partial charge >= 0.3 is 0 Å². The van der Waals surface area contributed by atoms with Gasteiger partial charge in [-0.3, -0.25) is 14.4 Å². The highest BCUT2D eigenvalue weighted by Crippen LogP contribution is 2.06. The number of aryl methyl sites for hydroxylation is 1. The minimum absolute atomic E-state index is 0.338. The van der Waals surface area contributed by atoms with E-state index in [1.807, 2.05) is 6.92 Å². The lowest BCUT2D eigenvalue weighted by Gasteiger charge is -2.19. The zero-order chi connectivity index (χ0) is 13.7. The van der Waals surface area contributed by atoms with Crippen LogP contribution in [0.5, 0.6) is 0 Å². The van der Waals surface area contributed by atoms with Gasteiger partial charge in [-0.1, -0.05) is 17.7 Å². The molecular weight excluding hydrogens is 234 g/mol. The van der Waals surface area contributed by atoms with Crippen molar-refractivity contribution < 1.29 is 14.4 Å². The first kappa shape index (κ1) is 13.7. The molecule has 0 spiro atoms. The monoisotopic (exact) mass is 249 g/mol. The van der Waals surface area contributed by atoms with Gasteiger partial charge in [0.2, 0.25) is 11.8 Å². The highest BCUT2D eigenvalue weighted by atomic mass is 16.2. The molecule has 18 heavy (non-hydrogen) atoms. The van der Waals surface area contributed by atoms with Gasteiger partial charge in [0, 0.05) is 5.56 Å². The Morgan fingerprint density at radius 2 is 1.44 bits per heavy atom. The molecule has 96 valence electrons. The predicted molar refractivity (Wildman–Crippen MR) is 65.5 cm³/mol. The van der Waals surface area contributed by atoms with E-state index in [0.717, 1.165) is 10.5 Å². The Bertz CT molecular complexity index is 452. The molecule has 0 aliphatic carbocycles. The summed E-state index contributed by atoms with van der Waals surface area (Å²) < 4.78 is 0. The van der Waals surface area contributed by atoms with Crippen LogP contribution in [0.2, 0.25) is 0 Å². The lowest BCUT2D eigenvalue weighted by atomic mass is 10.1. The number of primary amides is 2. The highest BCUT2D eigenvalue weighted by molar-refractivity contribution is 5.98. The smallest absolute Gasteiger partial charge is 0.254 e. The lowest BCUT2D eigenvalue weighted by molar-refractivity contribution is -0.121. The molecule has 3 amide bonds. The second-order valence-corrected chi connectivity index (χ2v) is 3.96. The maximum atomic E-state index is 12.0. The zero-order valence-corrected chi connectivity index (χ0v) is 10.1. The minimum atomic E-state index is -0.697. The molecule has 6 heteroatoms. The van der Waals surface area contributed by atoms with Crippen molar-refractivity contribution in [3.05, 3.63) is 35.4 Å². The van der Waals surface area contributed by atoms with Gasteiger partial charge in [0.25, 0.3) is 5.91 Å². The molecule has 0 unspecified atom stereocenters. The fraction of sp³-hybridized carbons (Fsp3) is 0.250. The second kappa shape index (κ2) is 5.81. The molecule has 0 aromatic heterocycles. The van der Waals surface area contributed by atoms with Crippen LogP contribution in [0.3, 0.4) is 0 Å². The standard InChI is InChI=1S/C12H15N3O3/c1-8-2-4-9(5-3-8)12(18)15(6-10(13)16)7-11(14)17/h2-5H,6-7H2,1H3,(H2,13,16)(H2,14,17). The summed E-state index contributed by atoms with van der Waals surface area (Å²) in [6, 6.07) is 6.76. The number of nitrogens with zero attached hydrogens (tertiary/aromatic N) is 1. The van der Waals surface area contributed by atoms with Gasteiger partial charge < -0.3 is 16.4 Å². The molecule has 1 aromatic rings. The van der Waals surface area contributed by atoms with Gasteiger partial charge in [-0.2, -0.15) is 0 Å². The molecule has 0 fully saturated rings. The molecule has 6 nitrogen and oxygen atoms in total. The molecule has 1 aromatic carbocycles. The van der Waals surface area contributed by atoms with Crippen molar-refractivity contribution in [2.24, 2.45) is 11.5 Å². The van der Waals surface area contributed by atoms with E-state index in [4.69, 9.17) is 11.5 Å². The van der Waals surface area contributed by atoms with E-state index in [1.165, 1.54) is 0 Å². The summed E-state index contributed by atoms with van der Waals surface area (Å²) in [6.07, 6.45) is 0. The van der Waals surface area contributed by atoms with Gasteiger partial charge in [0.05, 0.1) is 0 Å². The van der Waals surface area contributed by atoms with Crippen LogP contribution in [0.1, 0.15) is 15.9 Å². The first-order valence-electron chi connectivity index (χ1n) is 5.32. The molecule has 4 N–H and O–H groups in total. The van der Waals surface area contributed by atoms with Crippen LogP contribution >= 0.6 is 0 Å². The molecule has 1 rings (SSSR count). The molecule has 0 bridgehead atoms. The van der Waals surface area contributed by atoms with Crippen LogP contribution in [0, 0.1) is 6.92 Å². The number of carbonyl (C=O) groups excluding carboxylic acids is 3. The summed E-state index contributed by atoms with van der Waals surface area (Å²) >= 11 is 0. The molecular formula is C12H15N3O3. The van der Waals surface area contributed by atoms with Crippen LogP contribution in [-0.2, 0) is 9.59 Å². The molecule has 0 heterocycles. The third-order valence-corrected chi connectivity index (χ3v) is 2.28. The van der Waals surface area contributed by atoms with E-state index in [2.05, 4.69) is 0 Å². The van der Waals surface area contributed by atoms with E-state index < -0.39 is 17.7 Å². The number of benzene rings is 1.